The molecule has 8 unspecified atom stereocenters. The van der Waals surface area contributed by atoms with E-state index in [2.05, 4.69) is 28.6 Å². The molecule has 0 radical (unpaired) electrons. The average Bonchev–Trinajstić information content (AvgIpc) is 3.27. The van der Waals surface area contributed by atoms with E-state index < -0.39 is 53.5 Å². The van der Waals surface area contributed by atoms with Gasteiger partial charge in [-0.3, -0.25) is 4.79 Å². The van der Waals surface area contributed by atoms with Gasteiger partial charge in [0.1, 0.15) is 6.10 Å². The van der Waals surface area contributed by atoms with Gasteiger partial charge in [-0.2, -0.15) is 0 Å². The number of ether oxygens (including phenoxy) is 6. The minimum atomic E-state index is -1.98. The van der Waals surface area contributed by atoms with E-state index in [-0.39, 0.29) is 59.1 Å². The van der Waals surface area contributed by atoms with Gasteiger partial charge in [0.05, 0.1) is 42.2 Å². The molecule has 10 nitrogen and oxygen atoms in total. The van der Waals surface area contributed by atoms with Gasteiger partial charge < -0.3 is 28.4 Å². The Kier molecular flexibility index (Phi) is 12.2. The number of unbranched alkanes of at least 4 members (excludes halogenated alkanes) is 3. The third kappa shape index (κ3) is 6.08. The minimum Gasteiger partial charge on any atom is -0.466 e. The van der Waals surface area contributed by atoms with Crippen LogP contribution in [0.15, 0.2) is 47.6 Å². The van der Waals surface area contributed by atoms with Gasteiger partial charge in [-0.1, -0.05) is 59.7 Å². The van der Waals surface area contributed by atoms with Crippen LogP contribution in [-0.2, 0) is 47.6 Å². The standard InChI is InChI=1S/C35H47BrO10/c1-7-10-12-13-14-16-17-22-23-19-25(24(37)18-15-11-8-2)44-35-30(23)28(33(40)42-6)27(32(39)41-5)29(22)34(35,21(4)31(38)46-35)45-26(20-36)43-9-3/h7-8,10-11,22-23,25-26,29-30H,4,9,12-20H2,1-3,5-6H3/b10-7-,11-8+. The third-order valence-electron chi connectivity index (χ3n) is 9.83. The number of methoxy groups -OCH3 is 2. The van der Waals surface area contributed by atoms with Crippen molar-refractivity contribution in [2.24, 2.45) is 23.7 Å². The largest absolute Gasteiger partial charge is 0.466 e. The van der Waals surface area contributed by atoms with Crippen molar-refractivity contribution in [2.45, 2.75) is 95.9 Å². The van der Waals surface area contributed by atoms with Crippen molar-refractivity contribution < 1.29 is 47.6 Å². The number of esters is 3. The lowest BCUT2D eigenvalue weighted by Crippen LogP contribution is -2.78. The molecular weight excluding hydrogens is 660 g/mol. The summed E-state index contributed by atoms with van der Waals surface area (Å²) in [5.41, 5.74) is -1.77. The first-order valence-corrected chi connectivity index (χ1v) is 17.4. The molecule has 2 saturated heterocycles. The number of rotatable bonds is 17. The van der Waals surface area contributed by atoms with Gasteiger partial charge in [0.25, 0.3) is 5.79 Å². The van der Waals surface area contributed by atoms with Gasteiger partial charge in [-0.15, -0.1) is 0 Å². The van der Waals surface area contributed by atoms with Gasteiger partial charge >= 0.3 is 17.9 Å². The summed E-state index contributed by atoms with van der Waals surface area (Å²) in [5.74, 6) is -7.03. The highest BCUT2D eigenvalue weighted by Gasteiger charge is 2.84. The summed E-state index contributed by atoms with van der Waals surface area (Å²) >= 11 is 3.46. The van der Waals surface area contributed by atoms with Crippen LogP contribution in [0.3, 0.4) is 0 Å². The zero-order valence-corrected chi connectivity index (χ0v) is 29.1. The molecule has 2 heterocycles. The van der Waals surface area contributed by atoms with E-state index in [1.54, 1.807) is 0 Å². The molecule has 0 aromatic carbocycles. The number of halogens is 1. The summed E-state index contributed by atoms with van der Waals surface area (Å²) in [4.78, 5) is 54.9. The van der Waals surface area contributed by atoms with Crippen molar-refractivity contribution in [3.8, 4) is 0 Å². The van der Waals surface area contributed by atoms with Crippen LogP contribution in [0.4, 0.5) is 0 Å². The predicted molar refractivity (Wildman–Crippen MR) is 172 cm³/mol. The summed E-state index contributed by atoms with van der Waals surface area (Å²) in [6.45, 7) is 10.1. The normalized spacial score (nSPS) is 32.2. The maximum atomic E-state index is 13.8. The van der Waals surface area contributed by atoms with Gasteiger partial charge in [0, 0.05) is 18.9 Å². The molecule has 0 N–H and O–H groups in total. The van der Waals surface area contributed by atoms with E-state index in [0.29, 0.717) is 12.8 Å². The van der Waals surface area contributed by atoms with Crippen LogP contribution in [0.2, 0.25) is 0 Å². The lowest BCUT2D eigenvalue weighted by molar-refractivity contribution is -0.394. The molecule has 4 bridgehead atoms. The Bertz CT molecular complexity index is 1290. The second kappa shape index (κ2) is 15.5. The van der Waals surface area contributed by atoms with Gasteiger partial charge in [-0.25, -0.2) is 14.4 Å². The fourth-order valence-electron chi connectivity index (χ4n) is 8.11. The third-order valence-corrected chi connectivity index (χ3v) is 10.4. The van der Waals surface area contributed by atoms with Crippen molar-refractivity contribution in [2.75, 3.05) is 26.2 Å². The highest BCUT2D eigenvalue weighted by atomic mass is 79.9. The summed E-state index contributed by atoms with van der Waals surface area (Å²) in [6, 6.07) is 0. The fraction of sp³-hybridized carbons (Fsp3) is 0.657. The molecule has 254 valence electrons. The number of hydrogen-bond donors (Lipinski definition) is 0. The van der Waals surface area contributed by atoms with E-state index in [1.807, 2.05) is 39.0 Å². The Morgan fingerprint density at radius 3 is 2.28 bits per heavy atom. The highest BCUT2D eigenvalue weighted by Crippen LogP contribution is 2.72. The van der Waals surface area contributed by atoms with Crippen LogP contribution in [0, 0.1) is 23.7 Å². The van der Waals surface area contributed by atoms with Crippen molar-refractivity contribution in [1.82, 2.24) is 0 Å². The summed E-state index contributed by atoms with van der Waals surface area (Å²) in [5, 5.41) is 0.212. The Morgan fingerprint density at radius 1 is 1.02 bits per heavy atom. The van der Waals surface area contributed by atoms with Gasteiger partial charge in [0.15, 0.2) is 17.7 Å². The van der Waals surface area contributed by atoms with Crippen LogP contribution in [-0.4, -0.2) is 73.6 Å². The molecule has 1 saturated carbocycles. The Labute approximate surface area is 280 Å². The van der Waals surface area contributed by atoms with Crippen LogP contribution in [0.1, 0.15) is 72.1 Å². The zero-order chi connectivity index (χ0) is 33.6. The smallest absolute Gasteiger partial charge is 0.339 e. The molecule has 3 fully saturated rings. The lowest BCUT2D eigenvalue weighted by Gasteiger charge is -2.66. The first-order valence-electron chi connectivity index (χ1n) is 16.2. The fourth-order valence-corrected chi connectivity index (χ4v) is 8.43. The van der Waals surface area contributed by atoms with Crippen molar-refractivity contribution in [3.05, 3.63) is 47.6 Å². The molecule has 8 atom stereocenters. The highest BCUT2D eigenvalue weighted by molar-refractivity contribution is 9.09. The number of Topliss-reactive ketones (excluding diaryl/α,β-unsaturated/α-hetero) is 1. The Hall–Kier alpha value is -2.60. The summed E-state index contributed by atoms with van der Waals surface area (Å²) in [6.07, 6.45) is 11.4. The van der Waals surface area contributed by atoms with Crippen LogP contribution >= 0.6 is 15.9 Å². The number of carbonyl (C=O) groups is 4. The second-order valence-corrected chi connectivity index (χ2v) is 12.8. The first-order chi connectivity index (χ1) is 22.1. The van der Waals surface area contributed by atoms with E-state index in [0.717, 1.165) is 25.7 Å². The van der Waals surface area contributed by atoms with Crippen LogP contribution in [0.25, 0.3) is 0 Å². The van der Waals surface area contributed by atoms with Crippen molar-refractivity contribution >= 4 is 39.6 Å². The number of ketones is 1. The van der Waals surface area contributed by atoms with E-state index in [1.165, 1.54) is 14.2 Å². The van der Waals surface area contributed by atoms with E-state index in [4.69, 9.17) is 28.4 Å². The average molecular weight is 708 g/mol. The molecule has 5 aliphatic rings. The molecule has 0 amide bonds. The SMILES string of the molecule is C=C1C(=O)OC23OC(C(=O)CC/C=C/C)CC4C(CCCCC/C=C\C)C(C(C(=O)OC)=C(C(=O)OC)C42)C13OC(CBr)OCC. The van der Waals surface area contributed by atoms with Gasteiger partial charge in [-0.05, 0) is 64.7 Å². The minimum absolute atomic E-state index is 0.0297. The first kappa shape index (κ1) is 36.2. The topological polar surface area (TPSA) is 124 Å². The summed E-state index contributed by atoms with van der Waals surface area (Å²) < 4.78 is 36.1. The molecule has 2 aliphatic heterocycles. The number of carbonyl (C=O) groups excluding carboxylic acids is 4. The zero-order valence-electron chi connectivity index (χ0n) is 27.5. The number of allylic oxidation sites excluding steroid dienone is 4. The maximum Gasteiger partial charge on any atom is 0.339 e. The Balaban J connectivity index is 1.97. The number of hydrogen-bond acceptors (Lipinski definition) is 10. The lowest BCUT2D eigenvalue weighted by atomic mass is 9.44. The molecule has 1 spiro atoms. The van der Waals surface area contributed by atoms with Crippen molar-refractivity contribution in [1.29, 1.82) is 0 Å². The molecule has 0 aromatic rings. The molecule has 46 heavy (non-hydrogen) atoms. The second-order valence-electron chi connectivity index (χ2n) is 12.1. The molecule has 3 aliphatic carbocycles. The number of alkyl halides is 1. The summed E-state index contributed by atoms with van der Waals surface area (Å²) in [7, 11) is 2.48. The molecule has 0 aromatic heterocycles. The maximum absolute atomic E-state index is 13.8. The van der Waals surface area contributed by atoms with Crippen molar-refractivity contribution in [3.63, 3.8) is 0 Å². The van der Waals surface area contributed by atoms with Crippen LogP contribution in [0.5, 0.6) is 0 Å². The monoisotopic (exact) mass is 706 g/mol. The van der Waals surface area contributed by atoms with Gasteiger partial charge in [0.2, 0.25) is 0 Å². The predicted octanol–water partition coefficient (Wildman–Crippen LogP) is 5.68. The molecule has 11 heteroatoms. The van der Waals surface area contributed by atoms with E-state index in [9.17, 15) is 19.2 Å². The quantitative estimate of drug-likeness (QED) is 0.0355. The van der Waals surface area contributed by atoms with Crippen LogP contribution < -0.4 is 0 Å². The molecular formula is C35H47BrO10. The van der Waals surface area contributed by atoms with E-state index >= 15 is 0 Å². The Morgan fingerprint density at radius 2 is 1.67 bits per heavy atom. The molecule has 5 rings (SSSR count).